The van der Waals surface area contributed by atoms with E-state index >= 15 is 0 Å². The summed E-state index contributed by atoms with van der Waals surface area (Å²) in [7, 11) is 5.10. The molecule has 0 radical (unpaired) electrons. The van der Waals surface area contributed by atoms with Gasteiger partial charge in [-0.05, 0) is 69.8 Å². The van der Waals surface area contributed by atoms with Crippen molar-refractivity contribution >= 4 is 17.5 Å². The summed E-state index contributed by atoms with van der Waals surface area (Å²) in [5.41, 5.74) is 4.19. The zero-order chi connectivity index (χ0) is 28.5. The molecule has 1 fully saturated rings. The summed E-state index contributed by atoms with van der Waals surface area (Å²) in [5.74, 6) is -6.05. The predicted molar refractivity (Wildman–Crippen MR) is 142 cm³/mol. The summed E-state index contributed by atoms with van der Waals surface area (Å²) in [6.07, 6.45) is 4.08. The summed E-state index contributed by atoms with van der Waals surface area (Å²) in [5, 5.41) is 45.5. The van der Waals surface area contributed by atoms with Crippen LogP contribution < -0.4 is 5.73 Å². The van der Waals surface area contributed by atoms with Crippen molar-refractivity contribution < 1.29 is 34.8 Å². The summed E-state index contributed by atoms with van der Waals surface area (Å²) >= 11 is 0. The first-order chi connectivity index (χ1) is 18.3. The minimum Gasteiger partial charge on any atom is -0.510 e. The highest BCUT2D eigenvalue weighted by atomic mass is 16.3. The van der Waals surface area contributed by atoms with Gasteiger partial charge in [0.15, 0.2) is 11.4 Å². The number of hydrogen-bond acceptors (Lipinski definition) is 9. The highest BCUT2D eigenvalue weighted by Gasteiger charge is 2.63. The number of benzene rings is 1. The lowest BCUT2D eigenvalue weighted by atomic mass is 9.58. The van der Waals surface area contributed by atoms with E-state index in [0.717, 1.165) is 24.0 Å². The van der Waals surface area contributed by atoms with Crippen molar-refractivity contribution in [1.82, 2.24) is 9.80 Å². The molecule has 1 aromatic carbocycles. The number of aromatic hydroxyl groups is 1. The smallest absolute Gasteiger partial charge is 0.255 e. The predicted octanol–water partition coefficient (Wildman–Crippen LogP) is 1.62. The van der Waals surface area contributed by atoms with E-state index in [-0.39, 0.29) is 29.2 Å². The molecule has 0 spiro atoms. The molecular weight excluding hydrogens is 502 g/mol. The van der Waals surface area contributed by atoms with Crippen LogP contribution in [0, 0.1) is 11.8 Å². The SMILES string of the molecule is C=CCN(C)Cc1cc(C2CC2)c2c(c1O)C(=O)C1=C(O)[C@]3(O)C(=O)C(C(N)=O)=C(O)[C@@H](N(C)C)[C@@H]3C[C@@H]1C2. The molecule has 4 aliphatic rings. The molecule has 4 aliphatic carbocycles. The highest BCUT2D eigenvalue weighted by molar-refractivity contribution is 6.24. The fourth-order valence-corrected chi connectivity index (χ4v) is 6.86. The molecule has 5 rings (SSSR count). The number of likely N-dealkylation sites (N-methyl/N-ethyl adjacent to an activating group) is 2. The Kier molecular flexibility index (Phi) is 6.48. The minimum absolute atomic E-state index is 0.0838. The van der Waals surface area contributed by atoms with Crippen LogP contribution in [0.15, 0.2) is 41.4 Å². The van der Waals surface area contributed by atoms with Gasteiger partial charge in [0.1, 0.15) is 22.8 Å². The monoisotopic (exact) mass is 537 g/mol. The first kappa shape index (κ1) is 27.1. The second-order valence-corrected chi connectivity index (χ2v) is 11.5. The number of hydrogen-bond donors (Lipinski definition) is 5. The number of rotatable bonds is 7. The lowest BCUT2D eigenvalue weighted by Gasteiger charge is -2.50. The number of ketones is 2. The first-order valence-corrected chi connectivity index (χ1v) is 13.2. The first-order valence-electron chi connectivity index (χ1n) is 13.2. The van der Waals surface area contributed by atoms with Gasteiger partial charge in [0.2, 0.25) is 5.78 Å². The van der Waals surface area contributed by atoms with Crippen molar-refractivity contribution in [3.63, 3.8) is 0 Å². The molecule has 1 saturated carbocycles. The lowest BCUT2D eigenvalue weighted by Crippen LogP contribution is -2.63. The Labute approximate surface area is 226 Å². The van der Waals surface area contributed by atoms with Crippen molar-refractivity contribution in [3.05, 3.63) is 63.6 Å². The Morgan fingerprint density at radius 1 is 1.18 bits per heavy atom. The fraction of sp³-hybridized carbons (Fsp3) is 0.483. The Bertz CT molecular complexity index is 1370. The lowest BCUT2D eigenvalue weighted by molar-refractivity contribution is -0.148. The second kappa shape index (κ2) is 9.32. The van der Waals surface area contributed by atoms with Gasteiger partial charge >= 0.3 is 0 Å². The molecule has 1 amide bonds. The molecule has 0 aliphatic heterocycles. The average Bonchev–Trinajstić information content (AvgIpc) is 3.68. The van der Waals surface area contributed by atoms with E-state index in [1.54, 1.807) is 25.1 Å². The van der Waals surface area contributed by atoms with E-state index in [2.05, 4.69) is 6.58 Å². The molecule has 0 aromatic heterocycles. The number of nitrogens with zero attached hydrogens (tertiary/aromatic N) is 2. The number of carbonyl (C=O) groups is 3. The molecule has 1 aromatic rings. The van der Waals surface area contributed by atoms with Gasteiger partial charge in [0.25, 0.3) is 5.91 Å². The number of Topliss-reactive ketones (excluding diaryl/α,β-unsaturated/α-hetero) is 2. The largest absolute Gasteiger partial charge is 0.510 e. The number of fused-ring (bicyclic) bond motifs is 3. The van der Waals surface area contributed by atoms with Crippen molar-refractivity contribution in [1.29, 1.82) is 0 Å². The molecule has 0 bridgehead atoms. The number of phenols is 1. The topological polar surface area (TPSA) is 165 Å². The van der Waals surface area contributed by atoms with Crippen molar-refractivity contribution in [2.45, 2.75) is 49.8 Å². The molecule has 39 heavy (non-hydrogen) atoms. The summed E-state index contributed by atoms with van der Waals surface area (Å²) in [6, 6.07) is 0.960. The van der Waals surface area contributed by atoms with Crippen LogP contribution in [0.5, 0.6) is 5.75 Å². The molecule has 10 nitrogen and oxygen atoms in total. The van der Waals surface area contributed by atoms with Gasteiger partial charge in [-0.2, -0.15) is 0 Å². The van der Waals surface area contributed by atoms with E-state index in [4.69, 9.17) is 5.73 Å². The summed E-state index contributed by atoms with van der Waals surface area (Å²) in [4.78, 5) is 43.1. The number of aliphatic hydroxyl groups is 3. The Morgan fingerprint density at radius 3 is 2.41 bits per heavy atom. The van der Waals surface area contributed by atoms with Crippen LogP contribution in [-0.2, 0) is 22.6 Å². The zero-order valence-corrected chi connectivity index (χ0v) is 22.4. The third-order valence-electron chi connectivity index (χ3n) is 8.73. The highest BCUT2D eigenvalue weighted by Crippen LogP contribution is 2.54. The third kappa shape index (κ3) is 3.92. The number of carbonyl (C=O) groups excluding carboxylic acids is 3. The summed E-state index contributed by atoms with van der Waals surface area (Å²) in [6.45, 7) is 4.69. The quantitative estimate of drug-likeness (QED) is 0.257. The van der Waals surface area contributed by atoms with Crippen LogP contribution in [0.3, 0.4) is 0 Å². The van der Waals surface area contributed by atoms with Gasteiger partial charge in [-0.25, -0.2) is 0 Å². The minimum atomic E-state index is -2.64. The van der Waals surface area contributed by atoms with Crippen LogP contribution in [-0.4, -0.2) is 87.0 Å². The van der Waals surface area contributed by atoms with Gasteiger partial charge in [-0.1, -0.05) is 12.1 Å². The maximum Gasteiger partial charge on any atom is 0.255 e. The van der Waals surface area contributed by atoms with Gasteiger partial charge in [0, 0.05) is 30.1 Å². The zero-order valence-electron chi connectivity index (χ0n) is 22.4. The third-order valence-corrected chi connectivity index (χ3v) is 8.73. The molecule has 0 unspecified atom stereocenters. The van der Waals surface area contributed by atoms with Crippen LogP contribution in [0.25, 0.3) is 0 Å². The standard InChI is InChI=1S/C29H35N3O7/c1-5-8-32(4)12-15-10-16(13-6-7-13)17-9-14-11-18-22(31(2)3)25(35)21(28(30)38)27(37)29(18,39)26(36)19(14)24(34)20(17)23(15)33/h5,10,13-14,18,22,33,35-36,39H,1,6-9,11-12H2,2-4H3,(H2,30,38)/t14-,18-,22-,29-/m0/s1. The molecule has 208 valence electrons. The maximum atomic E-state index is 14.1. The van der Waals surface area contributed by atoms with Crippen LogP contribution in [0.1, 0.15) is 52.2 Å². The number of phenolic OH excluding ortho intramolecular Hbond substituents is 1. The van der Waals surface area contributed by atoms with Gasteiger partial charge in [-0.15, -0.1) is 6.58 Å². The molecule has 0 heterocycles. The fourth-order valence-electron chi connectivity index (χ4n) is 6.86. The van der Waals surface area contributed by atoms with E-state index in [1.807, 2.05) is 18.0 Å². The number of primary amides is 1. The molecule has 6 N–H and O–H groups in total. The molecule has 4 atom stereocenters. The normalized spacial score (nSPS) is 28.5. The number of allylic oxidation sites excluding steroid dienone is 1. The number of amides is 1. The Morgan fingerprint density at radius 2 is 1.85 bits per heavy atom. The van der Waals surface area contributed by atoms with Crippen LogP contribution >= 0.6 is 0 Å². The van der Waals surface area contributed by atoms with E-state index in [0.29, 0.717) is 25.1 Å². The Hall–Kier alpha value is -3.47. The van der Waals surface area contributed by atoms with Crippen LogP contribution in [0.2, 0.25) is 0 Å². The number of aliphatic hydroxyl groups excluding tert-OH is 2. The van der Waals surface area contributed by atoms with Gasteiger partial charge < -0.3 is 26.2 Å². The Balaban J connectivity index is 1.69. The molecular formula is C29H35N3O7. The van der Waals surface area contributed by atoms with Crippen molar-refractivity contribution in [2.75, 3.05) is 27.7 Å². The van der Waals surface area contributed by atoms with E-state index in [9.17, 15) is 34.8 Å². The van der Waals surface area contributed by atoms with E-state index < -0.39 is 58.0 Å². The summed E-state index contributed by atoms with van der Waals surface area (Å²) < 4.78 is 0. The van der Waals surface area contributed by atoms with Crippen molar-refractivity contribution in [3.8, 4) is 5.75 Å². The average molecular weight is 538 g/mol. The van der Waals surface area contributed by atoms with Gasteiger partial charge in [-0.3, -0.25) is 24.2 Å². The second-order valence-electron chi connectivity index (χ2n) is 11.5. The van der Waals surface area contributed by atoms with Crippen molar-refractivity contribution in [2.24, 2.45) is 17.6 Å². The van der Waals surface area contributed by atoms with Crippen LogP contribution in [0.4, 0.5) is 0 Å². The molecule has 10 heteroatoms. The number of nitrogens with two attached hydrogens (primary N) is 1. The van der Waals surface area contributed by atoms with Gasteiger partial charge in [0.05, 0.1) is 11.6 Å². The molecule has 0 saturated heterocycles. The maximum absolute atomic E-state index is 14.1. The van der Waals surface area contributed by atoms with E-state index in [1.165, 1.54) is 0 Å².